The highest BCUT2D eigenvalue weighted by Crippen LogP contribution is 2.28. The summed E-state index contributed by atoms with van der Waals surface area (Å²) >= 11 is 1.07. The zero-order chi connectivity index (χ0) is 12.0. The normalized spacial score (nSPS) is 12.0. The Morgan fingerprint density at radius 2 is 2.06 bits per heavy atom. The summed E-state index contributed by atoms with van der Waals surface area (Å²) in [6.07, 6.45) is 0. The monoisotopic (exact) mass is 241 g/mol. The minimum Gasteiger partial charge on any atom is -0.481 e. The van der Waals surface area contributed by atoms with Crippen molar-refractivity contribution < 1.29 is 14.8 Å². The molecule has 0 bridgehead atoms. The Bertz CT molecular complexity index is 368. The van der Waals surface area contributed by atoms with Crippen molar-refractivity contribution >= 4 is 17.7 Å². The van der Waals surface area contributed by atoms with Crippen molar-refractivity contribution in [3.05, 3.63) is 46.0 Å². The molecule has 0 aliphatic heterocycles. The highest BCUT2D eigenvalue weighted by molar-refractivity contribution is 8.00. The van der Waals surface area contributed by atoms with Gasteiger partial charge in [-0.2, -0.15) is 0 Å². The molecule has 1 N–H and O–H groups in total. The Labute approximate surface area is 96.6 Å². The standard InChI is InChI=1S/C10H11NO4S/c12-10(13)7-16-9(6-11(14)15)8-4-2-1-3-5-8/h1-5,9H,6-7H2,(H,12,13)/t9-/m1/s1. The zero-order valence-electron chi connectivity index (χ0n) is 8.41. The molecule has 0 aliphatic carbocycles. The Hall–Kier alpha value is -1.56. The lowest BCUT2D eigenvalue weighted by Crippen LogP contribution is -2.12. The Kier molecular flexibility index (Phi) is 4.78. The predicted molar refractivity (Wildman–Crippen MR) is 61.1 cm³/mol. The topological polar surface area (TPSA) is 80.4 Å². The number of rotatable bonds is 6. The van der Waals surface area contributed by atoms with E-state index in [-0.39, 0.29) is 12.3 Å². The van der Waals surface area contributed by atoms with E-state index in [1.54, 1.807) is 24.3 Å². The van der Waals surface area contributed by atoms with Crippen molar-refractivity contribution in [3.63, 3.8) is 0 Å². The average molecular weight is 241 g/mol. The van der Waals surface area contributed by atoms with Gasteiger partial charge in [-0.15, -0.1) is 11.8 Å². The van der Waals surface area contributed by atoms with Crippen LogP contribution in [-0.2, 0) is 4.79 Å². The van der Waals surface area contributed by atoms with E-state index >= 15 is 0 Å². The van der Waals surface area contributed by atoms with Gasteiger partial charge in [-0.25, -0.2) is 0 Å². The van der Waals surface area contributed by atoms with Gasteiger partial charge >= 0.3 is 5.97 Å². The Morgan fingerprint density at radius 3 is 2.56 bits per heavy atom. The van der Waals surface area contributed by atoms with E-state index in [2.05, 4.69) is 0 Å². The second-order valence-corrected chi connectivity index (χ2v) is 4.31. The molecule has 16 heavy (non-hydrogen) atoms. The lowest BCUT2D eigenvalue weighted by molar-refractivity contribution is -0.479. The van der Waals surface area contributed by atoms with Crippen molar-refractivity contribution in [2.24, 2.45) is 0 Å². The van der Waals surface area contributed by atoms with Crippen LogP contribution in [0.15, 0.2) is 30.3 Å². The molecule has 0 fully saturated rings. The number of benzene rings is 1. The molecule has 0 saturated heterocycles. The molecule has 86 valence electrons. The number of carboxylic acids is 1. The zero-order valence-corrected chi connectivity index (χ0v) is 9.22. The van der Waals surface area contributed by atoms with Crippen LogP contribution < -0.4 is 0 Å². The molecule has 1 atom stereocenters. The largest absolute Gasteiger partial charge is 0.481 e. The van der Waals surface area contributed by atoms with Crippen LogP contribution in [0.3, 0.4) is 0 Å². The summed E-state index contributed by atoms with van der Waals surface area (Å²) in [6.45, 7) is -0.262. The summed E-state index contributed by atoms with van der Waals surface area (Å²) in [7, 11) is 0. The molecule has 0 aliphatic rings. The van der Waals surface area contributed by atoms with E-state index in [9.17, 15) is 14.9 Å². The van der Waals surface area contributed by atoms with Crippen molar-refractivity contribution in [2.75, 3.05) is 12.3 Å². The second kappa shape index (κ2) is 6.12. The number of thioether (sulfide) groups is 1. The quantitative estimate of drug-likeness (QED) is 0.607. The highest BCUT2D eigenvalue weighted by atomic mass is 32.2. The number of hydrogen-bond acceptors (Lipinski definition) is 4. The molecule has 6 heteroatoms. The van der Waals surface area contributed by atoms with Crippen LogP contribution in [0.1, 0.15) is 10.8 Å². The molecular weight excluding hydrogens is 230 g/mol. The number of carbonyl (C=O) groups is 1. The fraction of sp³-hybridized carbons (Fsp3) is 0.300. The lowest BCUT2D eigenvalue weighted by Gasteiger charge is -2.11. The van der Waals surface area contributed by atoms with Gasteiger partial charge in [0.05, 0.1) is 11.0 Å². The van der Waals surface area contributed by atoms with Gasteiger partial charge in [0.25, 0.3) is 0 Å². The van der Waals surface area contributed by atoms with Crippen LogP contribution in [0.2, 0.25) is 0 Å². The van der Waals surface area contributed by atoms with Gasteiger partial charge in [0.1, 0.15) is 0 Å². The predicted octanol–water partition coefficient (Wildman–Crippen LogP) is 1.82. The molecule has 0 saturated carbocycles. The molecule has 0 spiro atoms. The third-order valence-corrected chi connectivity index (χ3v) is 3.13. The van der Waals surface area contributed by atoms with Crippen LogP contribution in [-0.4, -0.2) is 28.3 Å². The van der Waals surface area contributed by atoms with Gasteiger partial charge in [0, 0.05) is 4.92 Å². The number of nitro groups is 1. The van der Waals surface area contributed by atoms with Crippen molar-refractivity contribution in [2.45, 2.75) is 5.25 Å². The first-order chi connectivity index (χ1) is 7.59. The maximum Gasteiger partial charge on any atom is 0.313 e. The molecule has 0 aromatic heterocycles. The van der Waals surface area contributed by atoms with E-state index in [0.717, 1.165) is 17.3 Å². The fourth-order valence-electron chi connectivity index (χ4n) is 1.23. The van der Waals surface area contributed by atoms with Crippen LogP contribution in [0.5, 0.6) is 0 Å². The van der Waals surface area contributed by atoms with E-state index in [4.69, 9.17) is 5.11 Å². The number of carboxylic acid groups (broad SMARTS) is 1. The number of hydrogen-bond donors (Lipinski definition) is 1. The summed E-state index contributed by atoms with van der Waals surface area (Å²) in [5, 5.41) is 18.6. The van der Waals surface area contributed by atoms with Gasteiger partial charge in [-0.3, -0.25) is 14.9 Å². The summed E-state index contributed by atoms with van der Waals surface area (Å²) < 4.78 is 0. The van der Waals surface area contributed by atoms with Gasteiger partial charge in [-0.1, -0.05) is 30.3 Å². The maximum atomic E-state index is 10.5. The molecule has 0 amide bonds. The van der Waals surface area contributed by atoms with Crippen LogP contribution in [0.25, 0.3) is 0 Å². The molecule has 1 aromatic carbocycles. The van der Waals surface area contributed by atoms with Crippen LogP contribution >= 0.6 is 11.8 Å². The van der Waals surface area contributed by atoms with E-state index in [1.807, 2.05) is 6.07 Å². The summed E-state index contributed by atoms with van der Waals surface area (Å²) in [4.78, 5) is 20.5. The first-order valence-corrected chi connectivity index (χ1v) is 5.64. The van der Waals surface area contributed by atoms with Gasteiger partial charge in [0.15, 0.2) is 0 Å². The minimum absolute atomic E-state index is 0.132. The first-order valence-electron chi connectivity index (χ1n) is 4.59. The molecule has 0 unspecified atom stereocenters. The van der Waals surface area contributed by atoms with E-state index < -0.39 is 16.1 Å². The SMILES string of the molecule is O=C(O)CS[C@H](C[N+](=O)[O-])c1ccccc1. The summed E-state index contributed by atoms with van der Waals surface area (Å²) in [6, 6.07) is 8.91. The number of nitrogens with zero attached hydrogens (tertiary/aromatic N) is 1. The number of aliphatic carboxylic acids is 1. The third-order valence-electron chi connectivity index (χ3n) is 1.89. The van der Waals surface area contributed by atoms with Crippen LogP contribution in [0.4, 0.5) is 0 Å². The van der Waals surface area contributed by atoms with E-state index in [1.165, 1.54) is 0 Å². The molecule has 0 heterocycles. The second-order valence-electron chi connectivity index (χ2n) is 3.12. The molecule has 1 aromatic rings. The van der Waals surface area contributed by atoms with Crippen molar-refractivity contribution in [1.82, 2.24) is 0 Å². The Morgan fingerprint density at radius 1 is 1.44 bits per heavy atom. The van der Waals surface area contributed by atoms with Gasteiger partial charge in [0.2, 0.25) is 6.54 Å². The van der Waals surface area contributed by atoms with Gasteiger partial charge in [-0.05, 0) is 5.56 Å². The summed E-state index contributed by atoms with van der Waals surface area (Å²) in [5.74, 6) is -1.10. The van der Waals surface area contributed by atoms with E-state index in [0.29, 0.717) is 0 Å². The highest BCUT2D eigenvalue weighted by Gasteiger charge is 2.19. The Balaban J connectivity index is 2.71. The van der Waals surface area contributed by atoms with Gasteiger partial charge < -0.3 is 5.11 Å². The summed E-state index contributed by atoms with van der Waals surface area (Å²) in [5.41, 5.74) is 0.783. The third kappa shape index (κ3) is 4.31. The fourth-order valence-corrected chi connectivity index (χ4v) is 2.15. The molecule has 0 radical (unpaired) electrons. The van der Waals surface area contributed by atoms with Crippen molar-refractivity contribution in [1.29, 1.82) is 0 Å². The molecule has 5 nitrogen and oxygen atoms in total. The molecule has 1 rings (SSSR count). The van der Waals surface area contributed by atoms with Crippen molar-refractivity contribution in [3.8, 4) is 0 Å². The first kappa shape index (κ1) is 12.5. The minimum atomic E-state index is -0.964. The maximum absolute atomic E-state index is 10.5. The van der Waals surface area contributed by atoms with Crippen LogP contribution in [0, 0.1) is 10.1 Å². The lowest BCUT2D eigenvalue weighted by atomic mass is 10.1. The molecular formula is C10H11NO4S. The average Bonchev–Trinajstić information content (AvgIpc) is 2.25. The smallest absolute Gasteiger partial charge is 0.313 e.